The van der Waals surface area contributed by atoms with Gasteiger partial charge >= 0.3 is 5.97 Å². The molecule has 1 N–H and O–H groups in total. The standard InChI is InChI=1S/C25H25FN2O5S/c1-17(24(29)27-22-11-7-9-18-8-3-4-10-20(18)22)33-25(30)19-12-13-21(26)23(16-19)34(31,32)28-14-5-2-6-15-28/h3-4,7-13,16-17H,2,5-6,14-15H2,1H3,(H,27,29)/t17-/m0/s1. The summed E-state index contributed by atoms with van der Waals surface area (Å²) in [4.78, 5) is 24.7. The number of carbonyl (C=O) groups is 2. The van der Waals surface area contributed by atoms with Crippen molar-refractivity contribution in [2.75, 3.05) is 18.4 Å². The summed E-state index contributed by atoms with van der Waals surface area (Å²) in [7, 11) is -4.08. The second-order valence-electron chi connectivity index (χ2n) is 8.17. The van der Waals surface area contributed by atoms with Crippen LogP contribution in [0.5, 0.6) is 0 Å². The molecule has 1 amide bonds. The highest BCUT2D eigenvalue weighted by molar-refractivity contribution is 7.89. The normalized spacial score (nSPS) is 15.6. The first-order valence-corrected chi connectivity index (χ1v) is 12.5. The lowest BCUT2D eigenvalue weighted by molar-refractivity contribution is -0.123. The average molecular weight is 485 g/mol. The Bertz CT molecular complexity index is 1330. The van der Waals surface area contributed by atoms with Crippen LogP contribution in [0.4, 0.5) is 10.1 Å². The van der Waals surface area contributed by atoms with Crippen molar-refractivity contribution in [3.8, 4) is 0 Å². The van der Waals surface area contributed by atoms with Crippen molar-refractivity contribution in [1.82, 2.24) is 4.31 Å². The number of anilines is 1. The van der Waals surface area contributed by atoms with Gasteiger partial charge in [0.25, 0.3) is 5.91 Å². The predicted octanol–water partition coefficient (Wildman–Crippen LogP) is 4.34. The van der Waals surface area contributed by atoms with Crippen LogP contribution in [0, 0.1) is 5.82 Å². The Labute approximate surface area is 197 Å². The van der Waals surface area contributed by atoms with Gasteiger partial charge in [0.2, 0.25) is 10.0 Å². The molecule has 1 heterocycles. The Balaban J connectivity index is 1.49. The van der Waals surface area contributed by atoms with E-state index in [1.54, 1.807) is 12.1 Å². The molecular weight excluding hydrogens is 459 g/mol. The molecule has 3 aromatic rings. The molecule has 34 heavy (non-hydrogen) atoms. The Hall–Kier alpha value is -3.30. The summed E-state index contributed by atoms with van der Waals surface area (Å²) >= 11 is 0. The van der Waals surface area contributed by atoms with Gasteiger partial charge in [-0.3, -0.25) is 4.79 Å². The van der Waals surface area contributed by atoms with Gasteiger partial charge in [0.1, 0.15) is 10.7 Å². The first kappa shape index (κ1) is 23.8. The number of halogens is 1. The lowest BCUT2D eigenvalue weighted by atomic mass is 10.1. The van der Waals surface area contributed by atoms with Crippen LogP contribution >= 0.6 is 0 Å². The Morgan fingerprint density at radius 3 is 2.47 bits per heavy atom. The maximum Gasteiger partial charge on any atom is 0.338 e. The monoisotopic (exact) mass is 484 g/mol. The number of hydrogen-bond acceptors (Lipinski definition) is 5. The van der Waals surface area contributed by atoms with E-state index in [-0.39, 0.29) is 5.56 Å². The molecule has 0 bridgehead atoms. The first-order valence-electron chi connectivity index (χ1n) is 11.1. The predicted molar refractivity (Wildman–Crippen MR) is 126 cm³/mol. The van der Waals surface area contributed by atoms with Gasteiger partial charge in [0, 0.05) is 24.2 Å². The highest BCUT2D eigenvalue weighted by Crippen LogP contribution is 2.25. The molecule has 0 saturated carbocycles. The third-order valence-corrected chi connectivity index (χ3v) is 7.71. The van der Waals surface area contributed by atoms with E-state index in [1.807, 2.05) is 30.3 Å². The molecule has 0 aliphatic carbocycles. The van der Waals surface area contributed by atoms with Crippen LogP contribution in [-0.4, -0.2) is 43.8 Å². The van der Waals surface area contributed by atoms with Crippen molar-refractivity contribution in [2.24, 2.45) is 0 Å². The number of carbonyl (C=O) groups excluding carboxylic acids is 2. The van der Waals surface area contributed by atoms with E-state index in [2.05, 4.69) is 5.32 Å². The number of nitrogens with one attached hydrogen (secondary N) is 1. The summed E-state index contributed by atoms with van der Waals surface area (Å²) in [6, 6.07) is 16.0. The molecule has 0 aromatic heterocycles. The lowest BCUT2D eigenvalue weighted by Gasteiger charge is -2.26. The van der Waals surface area contributed by atoms with Gasteiger partial charge in [-0.25, -0.2) is 17.6 Å². The molecule has 1 fully saturated rings. The summed E-state index contributed by atoms with van der Waals surface area (Å²) in [5.41, 5.74) is 0.421. The molecule has 4 rings (SSSR count). The molecular formula is C25H25FN2O5S. The summed E-state index contributed by atoms with van der Waals surface area (Å²) < 4.78 is 46.7. The first-order chi connectivity index (χ1) is 16.3. The second-order valence-corrected chi connectivity index (χ2v) is 10.1. The quantitative estimate of drug-likeness (QED) is 0.526. The fourth-order valence-electron chi connectivity index (χ4n) is 3.92. The lowest BCUT2D eigenvalue weighted by Crippen LogP contribution is -2.36. The minimum absolute atomic E-state index is 0.151. The molecule has 1 saturated heterocycles. The van der Waals surface area contributed by atoms with Gasteiger partial charge in [-0.15, -0.1) is 0 Å². The van der Waals surface area contributed by atoms with Crippen LogP contribution in [0.25, 0.3) is 10.8 Å². The summed E-state index contributed by atoms with van der Waals surface area (Å²) in [6.07, 6.45) is 1.15. The van der Waals surface area contributed by atoms with E-state index in [0.29, 0.717) is 31.6 Å². The van der Waals surface area contributed by atoms with Gasteiger partial charge in [0.05, 0.1) is 5.56 Å². The molecule has 3 aromatic carbocycles. The fourth-order valence-corrected chi connectivity index (χ4v) is 5.53. The topological polar surface area (TPSA) is 92.8 Å². The van der Waals surface area contributed by atoms with Crippen LogP contribution in [0.1, 0.15) is 36.5 Å². The summed E-state index contributed by atoms with van der Waals surface area (Å²) in [6.45, 7) is 2.02. The number of benzene rings is 3. The number of hydrogen-bond donors (Lipinski definition) is 1. The van der Waals surface area contributed by atoms with Gasteiger partial charge in [-0.2, -0.15) is 4.31 Å². The van der Waals surface area contributed by atoms with E-state index in [1.165, 1.54) is 11.2 Å². The number of rotatable bonds is 6. The molecule has 1 aliphatic heterocycles. The molecule has 0 radical (unpaired) electrons. The molecule has 9 heteroatoms. The van der Waals surface area contributed by atoms with Crippen molar-refractivity contribution in [3.63, 3.8) is 0 Å². The molecule has 178 valence electrons. The van der Waals surface area contributed by atoms with E-state index < -0.39 is 38.7 Å². The highest BCUT2D eigenvalue weighted by atomic mass is 32.2. The Morgan fingerprint density at radius 1 is 1.00 bits per heavy atom. The van der Waals surface area contributed by atoms with Gasteiger partial charge in [-0.1, -0.05) is 42.8 Å². The number of fused-ring (bicyclic) bond motifs is 1. The molecule has 1 aliphatic rings. The maximum atomic E-state index is 14.4. The van der Waals surface area contributed by atoms with Crippen molar-refractivity contribution in [2.45, 2.75) is 37.2 Å². The number of amides is 1. The van der Waals surface area contributed by atoms with Gasteiger partial charge in [0.15, 0.2) is 6.10 Å². The van der Waals surface area contributed by atoms with Crippen LogP contribution in [-0.2, 0) is 19.6 Å². The maximum absolute atomic E-state index is 14.4. The zero-order valence-electron chi connectivity index (χ0n) is 18.7. The summed E-state index contributed by atoms with van der Waals surface area (Å²) in [5, 5.41) is 4.53. The minimum atomic E-state index is -4.08. The van der Waals surface area contributed by atoms with Crippen LogP contribution in [0.2, 0.25) is 0 Å². The fraction of sp³-hybridized carbons (Fsp3) is 0.280. The smallest absolute Gasteiger partial charge is 0.338 e. The number of nitrogens with zero attached hydrogens (tertiary/aromatic N) is 1. The van der Waals surface area contributed by atoms with Crippen molar-refractivity contribution in [1.29, 1.82) is 0 Å². The minimum Gasteiger partial charge on any atom is -0.449 e. The molecule has 7 nitrogen and oxygen atoms in total. The van der Waals surface area contributed by atoms with E-state index >= 15 is 0 Å². The van der Waals surface area contributed by atoms with E-state index in [9.17, 15) is 22.4 Å². The Morgan fingerprint density at radius 2 is 1.71 bits per heavy atom. The second kappa shape index (κ2) is 9.90. The number of esters is 1. The average Bonchev–Trinajstić information content (AvgIpc) is 2.84. The number of ether oxygens (including phenoxy) is 1. The molecule has 0 spiro atoms. The van der Waals surface area contributed by atoms with Crippen molar-refractivity contribution in [3.05, 3.63) is 72.0 Å². The van der Waals surface area contributed by atoms with Crippen LogP contribution < -0.4 is 5.32 Å². The van der Waals surface area contributed by atoms with Crippen LogP contribution in [0.3, 0.4) is 0 Å². The largest absolute Gasteiger partial charge is 0.449 e. The van der Waals surface area contributed by atoms with Crippen molar-refractivity contribution >= 4 is 38.4 Å². The summed E-state index contributed by atoms with van der Waals surface area (Å²) in [5.74, 6) is -2.41. The van der Waals surface area contributed by atoms with Gasteiger partial charge in [-0.05, 0) is 49.4 Å². The highest BCUT2D eigenvalue weighted by Gasteiger charge is 2.30. The van der Waals surface area contributed by atoms with Gasteiger partial charge < -0.3 is 10.1 Å². The zero-order chi connectivity index (χ0) is 24.3. The van der Waals surface area contributed by atoms with E-state index in [0.717, 1.165) is 35.4 Å². The third kappa shape index (κ3) is 4.95. The number of piperidine rings is 1. The zero-order valence-corrected chi connectivity index (χ0v) is 19.5. The Kier molecular flexibility index (Phi) is 6.95. The van der Waals surface area contributed by atoms with Crippen molar-refractivity contribution < 1.29 is 27.1 Å². The number of sulfonamides is 1. The van der Waals surface area contributed by atoms with Crippen LogP contribution in [0.15, 0.2) is 65.6 Å². The SMILES string of the molecule is C[C@H](OC(=O)c1ccc(F)c(S(=O)(=O)N2CCCCC2)c1)C(=O)Nc1cccc2ccccc12. The van der Waals surface area contributed by atoms with E-state index in [4.69, 9.17) is 4.74 Å². The third-order valence-electron chi connectivity index (χ3n) is 5.80. The molecule has 0 unspecified atom stereocenters. The molecule has 1 atom stereocenters.